The third-order valence-electron chi connectivity index (χ3n) is 2.70. The van der Waals surface area contributed by atoms with Gasteiger partial charge in [0.05, 0.1) is 6.54 Å². The standard InChI is InChI=1S/C14H23N3O/c1-3-16-14(18)12-15-10-7-11-17(2)13-8-5-4-6-9-13/h4-6,8-9,15H,3,7,10-12H2,1-2H3,(H,16,18). The molecule has 0 aliphatic heterocycles. The molecule has 0 unspecified atom stereocenters. The minimum atomic E-state index is 0.0638. The molecule has 18 heavy (non-hydrogen) atoms. The molecule has 1 aromatic rings. The van der Waals surface area contributed by atoms with Crippen molar-refractivity contribution in [2.24, 2.45) is 0 Å². The molecule has 0 aliphatic carbocycles. The van der Waals surface area contributed by atoms with Gasteiger partial charge in [-0.25, -0.2) is 0 Å². The largest absolute Gasteiger partial charge is 0.375 e. The molecule has 0 heterocycles. The van der Waals surface area contributed by atoms with Crippen LogP contribution in [-0.2, 0) is 4.79 Å². The van der Waals surface area contributed by atoms with Crippen LogP contribution in [0.25, 0.3) is 0 Å². The summed E-state index contributed by atoms with van der Waals surface area (Å²) in [5.74, 6) is 0.0638. The Labute approximate surface area is 109 Å². The van der Waals surface area contributed by atoms with Gasteiger partial charge in [-0.15, -0.1) is 0 Å². The molecule has 1 aromatic carbocycles. The number of nitrogens with one attached hydrogen (secondary N) is 2. The van der Waals surface area contributed by atoms with E-state index in [9.17, 15) is 4.79 Å². The van der Waals surface area contributed by atoms with Crippen LogP contribution >= 0.6 is 0 Å². The van der Waals surface area contributed by atoms with Crippen molar-refractivity contribution in [3.63, 3.8) is 0 Å². The van der Waals surface area contributed by atoms with Gasteiger partial charge in [0, 0.05) is 25.8 Å². The first-order valence-electron chi connectivity index (χ1n) is 6.47. The van der Waals surface area contributed by atoms with Gasteiger partial charge in [-0.05, 0) is 32.0 Å². The quantitative estimate of drug-likeness (QED) is 0.681. The van der Waals surface area contributed by atoms with Crippen LogP contribution in [-0.4, -0.2) is 39.1 Å². The van der Waals surface area contributed by atoms with Gasteiger partial charge in [0.1, 0.15) is 0 Å². The van der Waals surface area contributed by atoms with Crippen LogP contribution in [0.5, 0.6) is 0 Å². The van der Waals surface area contributed by atoms with E-state index < -0.39 is 0 Å². The highest BCUT2D eigenvalue weighted by Gasteiger charge is 2.00. The Kier molecular flexibility index (Phi) is 6.87. The van der Waals surface area contributed by atoms with Gasteiger partial charge < -0.3 is 15.5 Å². The lowest BCUT2D eigenvalue weighted by atomic mass is 10.3. The lowest BCUT2D eigenvalue weighted by Gasteiger charge is -2.19. The van der Waals surface area contributed by atoms with E-state index >= 15 is 0 Å². The second-order valence-electron chi connectivity index (χ2n) is 4.24. The van der Waals surface area contributed by atoms with E-state index in [1.807, 2.05) is 25.1 Å². The summed E-state index contributed by atoms with van der Waals surface area (Å²) in [6.45, 7) is 4.85. The molecule has 0 saturated heterocycles. The number of nitrogens with zero attached hydrogens (tertiary/aromatic N) is 1. The highest BCUT2D eigenvalue weighted by molar-refractivity contribution is 5.77. The highest BCUT2D eigenvalue weighted by Crippen LogP contribution is 2.10. The maximum absolute atomic E-state index is 11.2. The number of benzene rings is 1. The molecule has 1 amide bonds. The van der Waals surface area contributed by atoms with Crippen molar-refractivity contribution in [2.75, 3.05) is 38.1 Å². The van der Waals surface area contributed by atoms with Gasteiger partial charge in [0.2, 0.25) is 5.91 Å². The Morgan fingerprint density at radius 2 is 2.00 bits per heavy atom. The highest BCUT2D eigenvalue weighted by atomic mass is 16.1. The molecule has 100 valence electrons. The van der Waals surface area contributed by atoms with Gasteiger partial charge in [-0.3, -0.25) is 4.79 Å². The molecule has 0 radical (unpaired) electrons. The third-order valence-corrected chi connectivity index (χ3v) is 2.70. The Balaban J connectivity index is 2.09. The molecule has 4 nitrogen and oxygen atoms in total. The van der Waals surface area contributed by atoms with Crippen molar-refractivity contribution < 1.29 is 4.79 Å². The number of likely N-dealkylation sites (N-methyl/N-ethyl adjacent to an activating group) is 1. The van der Waals surface area contributed by atoms with Crippen molar-refractivity contribution >= 4 is 11.6 Å². The van der Waals surface area contributed by atoms with Crippen LogP contribution < -0.4 is 15.5 Å². The maximum Gasteiger partial charge on any atom is 0.233 e. The van der Waals surface area contributed by atoms with Crippen molar-refractivity contribution in [1.29, 1.82) is 0 Å². The van der Waals surface area contributed by atoms with Crippen LogP contribution in [0.2, 0.25) is 0 Å². The second-order valence-corrected chi connectivity index (χ2v) is 4.24. The first-order valence-corrected chi connectivity index (χ1v) is 6.47. The fourth-order valence-electron chi connectivity index (χ4n) is 1.71. The molecular weight excluding hydrogens is 226 g/mol. The molecule has 0 bridgehead atoms. The minimum Gasteiger partial charge on any atom is -0.375 e. The molecule has 0 spiro atoms. The van der Waals surface area contributed by atoms with E-state index in [0.717, 1.165) is 19.5 Å². The van der Waals surface area contributed by atoms with Crippen LogP contribution in [0, 0.1) is 0 Å². The van der Waals surface area contributed by atoms with E-state index in [1.165, 1.54) is 5.69 Å². The Bertz CT molecular complexity index is 340. The molecular formula is C14H23N3O. The maximum atomic E-state index is 11.2. The number of rotatable bonds is 8. The zero-order chi connectivity index (χ0) is 13.2. The summed E-state index contributed by atoms with van der Waals surface area (Å²) in [5, 5.41) is 5.90. The van der Waals surface area contributed by atoms with Crippen molar-refractivity contribution in [2.45, 2.75) is 13.3 Å². The van der Waals surface area contributed by atoms with Crippen LogP contribution in [0.3, 0.4) is 0 Å². The minimum absolute atomic E-state index is 0.0638. The number of para-hydroxylation sites is 1. The molecule has 0 aromatic heterocycles. The van der Waals surface area contributed by atoms with E-state index in [0.29, 0.717) is 13.1 Å². The van der Waals surface area contributed by atoms with Crippen molar-refractivity contribution in [3.8, 4) is 0 Å². The monoisotopic (exact) mass is 249 g/mol. The lowest BCUT2D eigenvalue weighted by molar-refractivity contribution is -0.120. The zero-order valence-electron chi connectivity index (χ0n) is 11.3. The number of carbonyl (C=O) groups excluding carboxylic acids is 1. The number of amides is 1. The SMILES string of the molecule is CCNC(=O)CNCCCN(C)c1ccccc1. The molecule has 0 atom stereocenters. The topological polar surface area (TPSA) is 44.4 Å². The lowest BCUT2D eigenvalue weighted by Crippen LogP contribution is -2.34. The summed E-state index contributed by atoms with van der Waals surface area (Å²) >= 11 is 0. The summed E-state index contributed by atoms with van der Waals surface area (Å²) in [4.78, 5) is 13.4. The van der Waals surface area contributed by atoms with Crippen LogP contribution in [0.1, 0.15) is 13.3 Å². The molecule has 2 N–H and O–H groups in total. The van der Waals surface area contributed by atoms with E-state index in [4.69, 9.17) is 0 Å². The normalized spacial score (nSPS) is 10.1. The molecule has 1 rings (SSSR count). The first-order chi connectivity index (χ1) is 8.74. The van der Waals surface area contributed by atoms with E-state index in [2.05, 4.69) is 34.7 Å². The number of hydrogen-bond donors (Lipinski definition) is 2. The van der Waals surface area contributed by atoms with Crippen molar-refractivity contribution in [1.82, 2.24) is 10.6 Å². The molecule has 0 fully saturated rings. The molecule has 4 heteroatoms. The van der Waals surface area contributed by atoms with Crippen LogP contribution in [0.15, 0.2) is 30.3 Å². The average molecular weight is 249 g/mol. The average Bonchev–Trinajstić information content (AvgIpc) is 2.39. The molecule has 0 saturated carbocycles. The Morgan fingerprint density at radius 1 is 1.28 bits per heavy atom. The summed E-state index contributed by atoms with van der Waals surface area (Å²) in [6.07, 6.45) is 1.02. The number of anilines is 1. The van der Waals surface area contributed by atoms with Crippen LogP contribution in [0.4, 0.5) is 5.69 Å². The summed E-state index contributed by atoms with van der Waals surface area (Å²) < 4.78 is 0. The number of carbonyl (C=O) groups is 1. The van der Waals surface area contributed by atoms with Crippen molar-refractivity contribution in [3.05, 3.63) is 30.3 Å². The summed E-state index contributed by atoms with van der Waals surface area (Å²) in [6, 6.07) is 10.3. The Hall–Kier alpha value is -1.55. The summed E-state index contributed by atoms with van der Waals surface area (Å²) in [7, 11) is 2.08. The summed E-state index contributed by atoms with van der Waals surface area (Å²) in [5.41, 5.74) is 1.22. The fraction of sp³-hybridized carbons (Fsp3) is 0.500. The smallest absolute Gasteiger partial charge is 0.233 e. The van der Waals surface area contributed by atoms with Gasteiger partial charge >= 0.3 is 0 Å². The van der Waals surface area contributed by atoms with E-state index in [1.54, 1.807) is 0 Å². The third kappa shape index (κ3) is 5.68. The first kappa shape index (κ1) is 14.5. The van der Waals surface area contributed by atoms with Gasteiger partial charge in [0.15, 0.2) is 0 Å². The van der Waals surface area contributed by atoms with Gasteiger partial charge in [0.25, 0.3) is 0 Å². The predicted octanol–water partition coefficient (Wildman–Crippen LogP) is 1.24. The Morgan fingerprint density at radius 3 is 2.67 bits per heavy atom. The van der Waals surface area contributed by atoms with E-state index in [-0.39, 0.29) is 5.91 Å². The number of hydrogen-bond acceptors (Lipinski definition) is 3. The second kappa shape index (κ2) is 8.53. The zero-order valence-corrected chi connectivity index (χ0v) is 11.3. The van der Waals surface area contributed by atoms with Gasteiger partial charge in [-0.1, -0.05) is 18.2 Å². The predicted molar refractivity (Wildman–Crippen MR) is 75.9 cm³/mol. The molecule has 0 aliphatic rings. The fourth-order valence-corrected chi connectivity index (χ4v) is 1.71. The van der Waals surface area contributed by atoms with Gasteiger partial charge in [-0.2, -0.15) is 0 Å².